The molecule has 17 heavy (non-hydrogen) atoms. The lowest BCUT2D eigenvalue weighted by atomic mass is 9.85. The summed E-state index contributed by atoms with van der Waals surface area (Å²) >= 11 is 0. The van der Waals surface area contributed by atoms with E-state index in [1.54, 1.807) is 19.4 Å². The van der Waals surface area contributed by atoms with Crippen LogP contribution in [0.25, 0.3) is 0 Å². The predicted octanol–water partition coefficient (Wildman–Crippen LogP) is 0.989. The maximum Gasteiger partial charge on any atom is 0.293 e. The summed E-state index contributed by atoms with van der Waals surface area (Å²) in [5, 5.41) is 12.2. The van der Waals surface area contributed by atoms with Gasteiger partial charge in [-0.05, 0) is 11.8 Å². The van der Waals surface area contributed by atoms with Gasteiger partial charge in [-0.15, -0.1) is 0 Å². The lowest BCUT2D eigenvalue weighted by molar-refractivity contribution is 0.235. The minimum atomic E-state index is -0.153. The highest BCUT2D eigenvalue weighted by Gasteiger charge is 2.25. The molecule has 0 saturated carbocycles. The van der Waals surface area contributed by atoms with Crippen LogP contribution in [0.5, 0.6) is 0 Å². The van der Waals surface area contributed by atoms with Crippen LogP contribution in [-0.4, -0.2) is 27.3 Å². The molecule has 0 aliphatic heterocycles. The van der Waals surface area contributed by atoms with E-state index in [0.717, 1.165) is 0 Å². The average molecular weight is 239 g/mol. The van der Waals surface area contributed by atoms with E-state index in [1.807, 2.05) is 0 Å². The molecule has 0 aliphatic carbocycles. The van der Waals surface area contributed by atoms with Crippen molar-refractivity contribution in [3.05, 3.63) is 22.7 Å². The molecule has 0 spiro atoms. The van der Waals surface area contributed by atoms with E-state index in [1.165, 1.54) is 4.57 Å². The topological polar surface area (TPSA) is 67.2 Å². The second-order valence-electron chi connectivity index (χ2n) is 5.27. The summed E-state index contributed by atoms with van der Waals surface area (Å²) < 4.78 is 1.48. The third-order valence-corrected chi connectivity index (χ3v) is 2.79. The van der Waals surface area contributed by atoms with Crippen molar-refractivity contribution in [3.63, 3.8) is 0 Å². The van der Waals surface area contributed by atoms with Gasteiger partial charge in [0.1, 0.15) is 0 Å². The Kier molecular flexibility index (Phi) is 4.28. The van der Waals surface area contributed by atoms with E-state index in [9.17, 15) is 4.79 Å². The summed E-state index contributed by atoms with van der Waals surface area (Å²) in [6, 6.07) is 0.00935. The molecular weight excluding hydrogens is 218 g/mol. The lowest BCUT2D eigenvalue weighted by Gasteiger charge is -2.31. The van der Waals surface area contributed by atoms with Crippen molar-refractivity contribution in [2.75, 3.05) is 11.9 Å². The zero-order valence-electron chi connectivity index (χ0n) is 10.9. The van der Waals surface area contributed by atoms with E-state index in [4.69, 9.17) is 5.11 Å². The fraction of sp³-hybridized carbons (Fsp3) is 0.667. The molecule has 5 nitrogen and oxygen atoms in total. The Morgan fingerprint density at radius 3 is 2.71 bits per heavy atom. The van der Waals surface area contributed by atoms with Crippen molar-refractivity contribution in [1.29, 1.82) is 0 Å². The maximum absolute atomic E-state index is 11.8. The summed E-state index contributed by atoms with van der Waals surface area (Å²) in [5.41, 5.74) is -0.203. The molecule has 1 unspecified atom stereocenters. The molecule has 1 rings (SSSR count). The molecule has 1 atom stereocenters. The number of aliphatic hydroxyl groups excluding tert-OH is 1. The van der Waals surface area contributed by atoms with E-state index >= 15 is 0 Å². The lowest BCUT2D eigenvalue weighted by Crippen LogP contribution is -2.37. The maximum atomic E-state index is 11.8. The van der Waals surface area contributed by atoms with Gasteiger partial charge >= 0.3 is 0 Å². The van der Waals surface area contributed by atoms with Gasteiger partial charge in [0.25, 0.3) is 5.56 Å². The third kappa shape index (κ3) is 3.56. The average Bonchev–Trinajstić information content (AvgIpc) is 2.22. The van der Waals surface area contributed by atoms with E-state index in [2.05, 4.69) is 31.1 Å². The first-order valence-electron chi connectivity index (χ1n) is 5.75. The molecular formula is C12H21N3O2. The standard InChI is InChI=1S/C12H21N3O2/c1-12(2,3)9(5-8-16)14-10-11(17)15(4)7-6-13-10/h6-7,9,16H,5,8H2,1-4H3,(H,13,14). The largest absolute Gasteiger partial charge is 0.396 e. The number of hydrogen-bond acceptors (Lipinski definition) is 4. The van der Waals surface area contributed by atoms with Crippen molar-refractivity contribution >= 4 is 5.82 Å². The fourth-order valence-corrected chi connectivity index (χ4v) is 1.61. The van der Waals surface area contributed by atoms with Crippen LogP contribution in [0.3, 0.4) is 0 Å². The molecule has 0 aromatic carbocycles. The second-order valence-corrected chi connectivity index (χ2v) is 5.27. The summed E-state index contributed by atoms with van der Waals surface area (Å²) in [5.74, 6) is 0.336. The van der Waals surface area contributed by atoms with E-state index < -0.39 is 0 Å². The minimum absolute atomic E-state index is 0.00935. The molecule has 1 aromatic heterocycles. The first kappa shape index (κ1) is 13.7. The van der Waals surface area contributed by atoms with Crippen LogP contribution in [0.1, 0.15) is 27.2 Å². The molecule has 0 amide bonds. The zero-order chi connectivity index (χ0) is 13.1. The van der Waals surface area contributed by atoms with Gasteiger partial charge in [-0.1, -0.05) is 20.8 Å². The Labute approximate surface area is 102 Å². The van der Waals surface area contributed by atoms with Crippen LogP contribution in [0.2, 0.25) is 0 Å². The number of aromatic nitrogens is 2. The SMILES string of the molecule is Cn1ccnc(NC(CCO)C(C)(C)C)c1=O. The van der Waals surface area contributed by atoms with Crippen molar-refractivity contribution < 1.29 is 5.11 Å². The molecule has 1 heterocycles. The smallest absolute Gasteiger partial charge is 0.293 e. The molecule has 0 saturated heterocycles. The van der Waals surface area contributed by atoms with Gasteiger partial charge in [0, 0.05) is 32.1 Å². The van der Waals surface area contributed by atoms with Gasteiger partial charge in [0.15, 0.2) is 5.82 Å². The van der Waals surface area contributed by atoms with Gasteiger partial charge in [0.2, 0.25) is 0 Å². The van der Waals surface area contributed by atoms with Crippen LogP contribution in [-0.2, 0) is 7.05 Å². The summed E-state index contributed by atoms with van der Waals surface area (Å²) in [6.45, 7) is 6.28. The summed E-state index contributed by atoms with van der Waals surface area (Å²) in [7, 11) is 1.69. The first-order valence-corrected chi connectivity index (χ1v) is 5.75. The van der Waals surface area contributed by atoms with Gasteiger partial charge < -0.3 is 15.0 Å². The number of nitrogens with one attached hydrogen (secondary N) is 1. The first-order chi connectivity index (χ1) is 7.86. The Hall–Kier alpha value is -1.36. The number of rotatable bonds is 4. The van der Waals surface area contributed by atoms with Crippen LogP contribution in [0, 0.1) is 5.41 Å². The van der Waals surface area contributed by atoms with Gasteiger partial charge in [-0.25, -0.2) is 4.98 Å². The fourth-order valence-electron chi connectivity index (χ4n) is 1.61. The molecule has 0 fully saturated rings. The molecule has 5 heteroatoms. The van der Waals surface area contributed by atoms with Crippen molar-refractivity contribution in [2.24, 2.45) is 12.5 Å². The minimum Gasteiger partial charge on any atom is -0.396 e. The Morgan fingerprint density at radius 1 is 1.53 bits per heavy atom. The van der Waals surface area contributed by atoms with Crippen molar-refractivity contribution in [3.8, 4) is 0 Å². The molecule has 0 aliphatic rings. The van der Waals surface area contributed by atoms with E-state index in [-0.39, 0.29) is 23.6 Å². The van der Waals surface area contributed by atoms with Crippen molar-refractivity contribution in [1.82, 2.24) is 9.55 Å². The van der Waals surface area contributed by atoms with Crippen LogP contribution < -0.4 is 10.9 Å². The van der Waals surface area contributed by atoms with Crippen LogP contribution in [0.4, 0.5) is 5.82 Å². The highest BCUT2D eigenvalue weighted by atomic mass is 16.3. The molecule has 1 aromatic rings. The molecule has 2 N–H and O–H groups in total. The van der Waals surface area contributed by atoms with Gasteiger partial charge in [-0.2, -0.15) is 0 Å². The third-order valence-electron chi connectivity index (χ3n) is 2.79. The molecule has 0 radical (unpaired) electrons. The van der Waals surface area contributed by atoms with Crippen LogP contribution >= 0.6 is 0 Å². The Bertz CT molecular complexity index is 420. The summed E-state index contributed by atoms with van der Waals surface area (Å²) in [6.07, 6.45) is 3.79. The normalized spacial score (nSPS) is 13.5. The number of hydrogen-bond donors (Lipinski definition) is 2. The molecule has 96 valence electrons. The quantitative estimate of drug-likeness (QED) is 0.822. The Morgan fingerprint density at radius 2 is 2.18 bits per heavy atom. The Balaban J connectivity index is 2.94. The monoisotopic (exact) mass is 239 g/mol. The number of aliphatic hydroxyl groups is 1. The highest BCUT2D eigenvalue weighted by molar-refractivity contribution is 5.32. The number of anilines is 1. The zero-order valence-corrected chi connectivity index (χ0v) is 10.9. The van der Waals surface area contributed by atoms with Gasteiger partial charge in [0.05, 0.1) is 0 Å². The van der Waals surface area contributed by atoms with Gasteiger partial charge in [-0.3, -0.25) is 4.79 Å². The predicted molar refractivity (Wildman–Crippen MR) is 68.0 cm³/mol. The second kappa shape index (κ2) is 5.31. The summed E-state index contributed by atoms with van der Waals surface area (Å²) in [4.78, 5) is 15.9. The number of nitrogens with zero attached hydrogens (tertiary/aromatic N) is 2. The van der Waals surface area contributed by atoms with Crippen LogP contribution in [0.15, 0.2) is 17.2 Å². The number of aryl methyl sites for hydroxylation is 1. The van der Waals surface area contributed by atoms with E-state index in [0.29, 0.717) is 12.2 Å². The highest BCUT2D eigenvalue weighted by Crippen LogP contribution is 2.23. The van der Waals surface area contributed by atoms with Crippen molar-refractivity contribution in [2.45, 2.75) is 33.2 Å². The molecule has 0 bridgehead atoms.